The summed E-state index contributed by atoms with van der Waals surface area (Å²) >= 11 is 0. The zero-order valence-corrected chi connectivity index (χ0v) is 16.0. The van der Waals surface area contributed by atoms with Gasteiger partial charge in [0.25, 0.3) is 0 Å². The highest BCUT2D eigenvalue weighted by molar-refractivity contribution is 6.22. The first-order valence-electron chi connectivity index (χ1n) is 10.3. The van der Waals surface area contributed by atoms with E-state index in [1.54, 1.807) is 0 Å². The van der Waals surface area contributed by atoms with E-state index in [9.17, 15) is 9.59 Å². The quantitative estimate of drug-likeness (QED) is 0.587. The first kappa shape index (κ1) is 16.8. The van der Waals surface area contributed by atoms with Crippen molar-refractivity contribution >= 4 is 28.3 Å². The van der Waals surface area contributed by atoms with Crippen molar-refractivity contribution in [3.63, 3.8) is 0 Å². The molecular weight excluding hydrogens is 362 g/mol. The van der Waals surface area contributed by atoms with E-state index in [4.69, 9.17) is 4.74 Å². The molecule has 6 rings (SSSR count). The molecule has 4 heteroatoms. The van der Waals surface area contributed by atoms with Gasteiger partial charge in [-0.05, 0) is 78.3 Å². The average Bonchev–Trinajstić information content (AvgIpc) is 3.43. The molecule has 2 saturated carbocycles. The molecule has 2 amide bonds. The average molecular weight is 383 g/mol. The third-order valence-corrected chi connectivity index (χ3v) is 6.98. The van der Waals surface area contributed by atoms with Crippen LogP contribution >= 0.6 is 0 Å². The van der Waals surface area contributed by atoms with E-state index < -0.39 is 0 Å². The Morgan fingerprint density at radius 3 is 2.03 bits per heavy atom. The fourth-order valence-electron chi connectivity index (χ4n) is 5.69. The van der Waals surface area contributed by atoms with Crippen molar-refractivity contribution in [3.05, 3.63) is 66.7 Å². The van der Waals surface area contributed by atoms with Gasteiger partial charge in [0, 0.05) is 0 Å². The van der Waals surface area contributed by atoms with Crippen molar-refractivity contribution in [2.24, 2.45) is 23.7 Å². The molecule has 1 heterocycles. The number of rotatable bonds is 3. The van der Waals surface area contributed by atoms with Gasteiger partial charge in [0.1, 0.15) is 11.5 Å². The van der Waals surface area contributed by atoms with E-state index in [2.05, 4.69) is 12.1 Å². The molecule has 4 nitrogen and oxygen atoms in total. The van der Waals surface area contributed by atoms with Crippen LogP contribution in [0.15, 0.2) is 66.7 Å². The summed E-state index contributed by atoms with van der Waals surface area (Å²) in [6, 6.07) is 21.4. The van der Waals surface area contributed by atoms with Crippen LogP contribution in [0.3, 0.4) is 0 Å². The Bertz CT molecular complexity index is 1110. The molecule has 3 aromatic rings. The molecule has 29 heavy (non-hydrogen) atoms. The van der Waals surface area contributed by atoms with Crippen molar-refractivity contribution < 1.29 is 14.3 Å². The van der Waals surface area contributed by atoms with Gasteiger partial charge in [-0.25, -0.2) is 0 Å². The van der Waals surface area contributed by atoms with Gasteiger partial charge in [0.05, 0.1) is 17.5 Å². The van der Waals surface area contributed by atoms with Crippen LogP contribution in [0.2, 0.25) is 0 Å². The van der Waals surface area contributed by atoms with Crippen LogP contribution in [0.1, 0.15) is 19.3 Å². The van der Waals surface area contributed by atoms with E-state index in [0.717, 1.165) is 30.4 Å². The van der Waals surface area contributed by atoms with Crippen LogP contribution < -0.4 is 9.64 Å². The molecule has 3 aromatic carbocycles. The van der Waals surface area contributed by atoms with Gasteiger partial charge in [-0.2, -0.15) is 0 Å². The molecule has 3 aliphatic rings. The van der Waals surface area contributed by atoms with Crippen LogP contribution in [-0.2, 0) is 9.59 Å². The van der Waals surface area contributed by atoms with Gasteiger partial charge in [-0.3, -0.25) is 14.5 Å². The normalized spacial score (nSPS) is 27.7. The maximum Gasteiger partial charge on any atom is 0.237 e. The first-order valence-corrected chi connectivity index (χ1v) is 10.3. The van der Waals surface area contributed by atoms with Crippen molar-refractivity contribution in [1.82, 2.24) is 0 Å². The summed E-state index contributed by atoms with van der Waals surface area (Å²) in [7, 11) is 0. The topological polar surface area (TPSA) is 46.6 Å². The number of anilines is 1. The molecule has 0 N–H and O–H groups in total. The summed E-state index contributed by atoms with van der Waals surface area (Å²) in [5, 5.41) is 2.29. The van der Waals surface area contributed by atoms with Gasteiger partial charge in [-0.1, -0.05) is 30.3 Å². The molecule has 0 radical (unpaired) electrons. The molecule has 2 aliphatic carbocycles. The van der Waals surface area contributed by atoms with Crippen LogP contribution in [0.4, 0.5) is 5.69 Å². The van der Waals surface area contributed by atoms with Crippen molar-refractivity contribution in [2.45, 2.75) is 19.3 Å². The van der Waals surface area contributed by atoms with Crippen molar-refractivity contribution in [2.75, 3.05) is 4.90 Å². The Kier molecular flexibility index (Phi) is 3.58. The van der Waals surface area contributed by atoms with Crippen molar-refractivity contribution in [3.8, 4) is 11.5 Å². The van der Waals surface area contributed by atoms with Gasteiger partial charge in [0.2, 0.25) is 11.8 Å². The zero-order valence-electron chi connectivity index (χ0n) is 16.0. The Morgan fingerprint density at radius 2 is 1.34 bits per heavy atom. The second-order valence-electron chi connectivity index (χ2n) is 8.50. The highest BCUT2D eigenvalue weighted by atomic mass is 16.5. The second-order valence-corrected chi connectivity index (χ2v) is 8.50. The molecule has 2 bridgehead atoms. The lowest BCUT2D eigenvalue weighted by Crippen LogP contribution is -2.32. The summed E-state index contributed by atoms with van der Waals surface area (Å²) in [5.41, 5.74) is 0.652. The molecule has 3 fully saturated rings. The number of ether oxygens (including phenoxy) is 1. The number of carbonyl (C=O) groups is 2. The summed E-state index contributed by atoms with van der Waals surface area (Å²) in [6.45, 7) is 0. The molecular formula is C25H21NO3. The number of hydrogen-bond acceptors (Lipinski definition) is 3. The smallest absolute Gasteiger partial charge is 0.237 e. The summed E-state index contributed by atoms with van der Waals surface area (Å²) in [4.78, 5) is 27.3. The number of imide groups is 1. The largest absolute Gasteiger partial charge is 0.457 e. The highest BCUT2D eigenvalue weighted by Crippen LogP contribution is 2.56. The number of amides is 2. The molecule has 0 spiro atoms. The minimum absolute atomic E-state index is 0.00426. The van der Waals surface area contributed by atoms with Crippen LogP contribution in [0.5, 0.6) is 11.5 Å². The van der Waals surface area contributed by atoms with E-state index >= 15 is 0 Å². The van der Waals surface area contributed by atoms with Crippen LogP contribution in [-0.4, -0.2) is 11.8 Å². The van der Waals surface area contributed by atoms with Crippen molar-refractivity contribution in [1.29, 1.82) is 0 Å². The van der Waals surface area contributed by atoms with E-state index in [1.807, 2.05) is 54.6 Å². The maximum absolute atomic E-state index is 13.0. The lowest BCUT2D eigenvalue weighted by atomic mass is 9.81. The molecule has 0 unspecified atom stereocenters. The minimum atomic E-state index is -0.0882. The van der Waals surface area contributed by atoms with Gasteiger partial charge < -0.3 is 4.74 Å². The van der Waals surface area contributed by atoms with Gasteiger partial charge in [0.15, 0.2) is 0 Å². The SMILES string of the molecule is O=C1[C@H]2[C@H]3CC[C@@H](C3)[C@@H]2C(=O)N1c1ccc(Oc2ccc3ccccc3c2)cc1. The standard InChI is InChI=1S/C25H21NO3/c27-24-22-17-5-6-18(13-17)23(22)25(28)26(24)19-8-11-20(12-9-19)29-21-10-7-15-3-1-2-4-16(15)14-21/h1-4,7-12,14,17-18,22-23H,5-6,13H2/t17-,18-,22-,23-/m0/s1. The fraction of sp³-hybridized carbons (Fsp3) is 0.280. The highest BCUT2D eigenvalue weighted by Gasteiger charge is 2.61. The van der Waals surface area contributed by atoms with Gasteiger partial charge >= 0.3 is 0 Å². The molecule has 0 aromatic heterocycles. The van der Waals surface area contributed by atoms with E-state index in [1.165, 1.54) is 10.3 Å². The van der Waals surface area contributed by atoms with E-state index in [0.29, 0.717) is 23.3 Å². The summed E-state index contributed by atoms with van der Waals surface area (Å²) in [6.07, 6.45) is 3.24. The monoisotopic (exact) mass is 383 g/mol. The third-order valence-electron chi connectivity index (χ3n) is 6.98. The van der Waals surface area contributed by atoms with Gasteiger partial charge in [-0.15, -0.1) is 0 Å². The number of nitrogens with zero attached hydrogens (tertiary/aromatic N) is 1. The Hall–Kier alpha value is -3.14. The summed E-state index contributed by atoms with van der Waals surface area (Å²) < 4.78 is 5.99. The third kappa shape index (κ3) is 2.52. The lowest BCUT2D eigenvalue weighted by molar-refractivity contribution is -0.123. The number of carbonyl (C=O) groups excluding carboxylic acids is 2. The maximum atomic E-state index is 13.0. The Morgan fingerprint density at radius 1 is 0.724 bits per heavy atom. The molecule has 1 saturated heterocycles. The summed E-state index contributed by atoms with van der Waals surface area (Å²) in [5.74, 6) is 2.07. The van der Waals surface area contributed by atoms with E-state index in [-0.39, 0.29) is 23.7 Å². The first-order chi connectivity index (χ1) is 14.2. The Balaban J connectivity index is 1.24. The number of hydrogen-bond donors (Lipinski definition) is 0. The van der Waals surface area contributed by atoms with Crippen LogP contribution in [0.25, 0.3) is 10.8 Å². The molecule has 1 aliphatic heterocycles. The predicted octanol–water partition coefficient (Wildman–Crippen LogP) is 5.17. The number of benzene rings is 3. The Labute approximate surface area is 169 Å². The second kappa shape index (κ2) is 6.18. The predicted molar refractivity (Wildman–Crippen MR) is 111 cm³/mol. The lowest BCUT2D eigenvalue weighted by Gasteiger charge is -2.19. The molecule has 144 valence electrons. The van der Waals surface area contributed by atoms with Crippen LogP contribution in [0, 0.1) is 23.7 Å². The minimum Gasteiger partial charge on any atom is -0.457 e. The molecule has 4 atom stereocenters. The number of fused-ring (bicyclic) bond motifs is 6. The fourth-order valence-corrected chi connectivity index (χ4v) is 5.69. The zero-order chi connectivity index (χ0) is 19.5.